The van der Waals surface area contributed by atoms with Crippen molar-refractivity contribution in [1.29, 1.82) is 0 Å². The smallest absolute Gasteiger partial charge is 0.425 e. The number of nitrogens with two attached hydrogens (primary N) is 1. The van der Waals surface area contributed by atoms with Gasteiger partial charge in [-0.15, -0.1) is 0 Å². The number of ether oxygens (including phenoxy) is 2. The lowest BCUT2D eigenvalue weighted by Crippen LogP contribution is -2.41. The summed E-state index contributed by atoms with van der Waals surface area (Å²) in [5, 5.41) is 10.8. The molecule has 0 spiro atoms. The van der Waals surface area contributed by atoms with Gasteiger partial charge < -0.3 is 20.3 Å². The van der Waals surface area contributed by atoms with Crippen LogP contribution in [0.1, 0.15) is 48.1 Å². The van der Waals surface area contributed by atoms with Crippen molar-refractivity contribution in [3.05, 3.63) is 87.9 Å². The molecule has 0 aliphatic heterocycles. The van der Waals surface area contributed by atoms with E-state index in [0.717, 1.165) is 17.2 Å². The van der Waals surface area contributed by atoms with E-state index in [1.807, 2.05) is 31.2 Å². The maximum atomic E-state index is 14.0. The predicted octanol–water partition coefficient (Wildman–Crippen LogP) is 6.04. The van der Waals surface area contributed by atoms with E-state index in [1.54, 1.807) is 6.07 Å². The largest absolute Gasteiger partial charge is 0.494 e. The third kappa shape index (κ3) is 4.93. The molecule has 0 radical (unpaired) electrons. The van der Waals surface area contributed by atoms with E-state index in [0.29, 0.717) is 0 Å². The van der Waals surface area contributed by atoms with Crippen molar-refractivity contribution in [2.75, 3.05) is 6.61 Å². The maximum absolute atomic E-state index is 14.0. The molecule has 0 heterocycles. The molecule has 1 aliphatic rings. The summed E-state index contributed by atoms with van der Waals surface area (Å²) in [5.41, 5.74) is 4.11. The second-order valence-corrected chi connectivity index (χ2v) is 9.13. The van der Waals surface area contributed by atoms with Crippen molar-refractivity contribution in [1.82, 2.24) is 0 Å². The number of aliphatic hydroxyl groups is 1. The number of fused-ring (bicyclic) bond motifs is 3. The summed E-state index contributed by atoms with van der Waals surface area (Å²) in [4.78, 5) is 12.1. The number of halogens is 4. The van der Waals surface area contributed by atoms with Gasteiger partial charge in [-0.25, -0.2) is 0 Å². The van der Waals surface area contributed by atoms with Gasteiger partial charge in [0, 0.05) is 29.2 Å². The summed E-state index contributed by atoms with van der Waals surface area (Å²) in [6.07, 6.45) is -4.63. The minimum absolute atomic E-state index is 0.0320. The zero-order chi connectivity index (χ0) is 26.1. The Morgan fingerprint density at radius 3 is 2.47 bits per heavy atom. The number of benzene rings is 3. The monoisotopic (exact) mass is 519 g/mol. The van der Waals surface area contributed by atoms with Gasteiger partial charge in [0.1, 0.15) is 12.4 Å². The molecule has 0 unspecified atom stereocenters. The molecular weight excluding hydrogens is 495 g/mol. The fourth-order valence-corrected chi connectivity index (χ4v) is 4.56. The Morgan fingerprint density at radius 1 is 1.11 bits per heavy atom. The molecule has 0 amide bonds. The van der Waals surface area contributed by atoms with Crippen LogP contribution in [0.5, 0.6) is 5.75 Å². The van der Waals surface area contributed by atoms with Gasteiger partial charge >= 0.3 is 12.1 Å². The van der Waals surface area contributed by atoms with E-state index in [1.165, 1.54) is 24.3 Å². The lowest BCUT2D eigenvalue weighted by Gasteiger charge is -2.28. The van der Waals surface area contributed by atoms with Crippen LogP contribution in [0.2, 0.25) is 5.02 Å². The van der Waals surface area contributed by atoms with Crippen LogP contribution in [-0.2, 0) is 21.7 Å². The highest BCUT2D eigenvalue weighted by molar-refractivity contribution is 6.34. The van der Waals surface area contributed by atoms with Gasteiger partial charge in [0.05, 0.1) is 11.6 Å². The molecule has 5 nitrogen and oxygen atoms in total. The Hall–Kier alpha value is -3.07. The molecule has 0 aromatic heterocycles. The molecule has 36 heavy (non-hydrogen) atoms. The third-order valence-electron chi connectivity index (χ3n) is 6.15. The molecule has 1 aliphatic carbocycles. The van der Waals surface area contributed by atoms with Gasteiger partial charge in [0.15, 0.2) is 0 Å². The molecule has 190 valence electrons. The van der Waals surface area contributed by atoms with Crippen molar-refractivity contribution in [2.24, 2.45) is 5.73 Å². The minimum Gasteiger partial charge on any atom is -0.494 e. The number of hydrogen-bond donors (Lipinski definition) is 2. The first-order valence-corrected chi connectivity index (χ1v) is 11.8. The first-order valence-electron chi connectivity index (χ1n) is 11.4. The van der Waals surface area contributed by atoms with Crippen molar-refractivity contribution >= 4 is 17.6 Å². The number of alkyl halides is 3. The van der Waals surface area contributed by atoms with E-state index in [9.17, 15) is 23.1 Å². The molecule has 2 atom stereocenters. The highest BCUT2D eigenvalue weighted by Gasteiger charge is 2.61. The Bertz CT molecular complexity index is 1260. The van der Waals surface area contributed by atoms with Gasteiger partial charge in [-0.2, -0.15) is 13.2 Å². The van der Waals surface area contributed by atoms with E-state index in [-0.39, 0.29) is 65.1 Å². The molecule has 9 heteroatoms. The van der Waals surface area contributed by atoms with E-state index in [2.05, 4.69) is 0 Å². The van der Waals surface area contributed by atoms with Crippen LogP contribution in [0, 0.1) is 0 Å². The van der Waals surface area contributed by atoms with Crippen molar-refractivity contribution in [3.8, 4) is 16.9 Å². The number of rotatable bonds is 8. The molecule has 0 bridgehead atoms. The van der Waals surface area contributed by atoms with Gasteiger partial charge in [0.2, 0.25) is 5.60 Å². The topological polar surface area (TPSA) is 81.8 Å². The van der Waals surface area contributed by atoms with Gasteiger partial charge in [0.25, 0.3) is 0 Å². The lowest BCUT2D eigenvalue weighted by atomic mass is 9.90. The fraction of sp³-hybridized carbons (Fsp3) is 0.296. The molecule has 0 saturated heterocycles. The molecule has 3 aromatic carbocycles. The van der Waals surface area contributed by atoms with Crippen molar-refractivity contribution < 1.29 is 32.5 Å². The van der Waals surface area contributed by atoms with Gasteiger partial charge in [-0.1, -0.05) is 60.1 Å². The van der Waals surface area contributed by atoms with Crippen LogP contribution < -0.4 is 10.5 Å². The minimum atomic E-state index is -4.97. The summed E-state index contributed by atoms with van der Waals surface area (Å²) < 4.78 is 52.9. The Morgan fingerprint density at radius 2 is 1.81 bits per heavy atom. The average Bonchev–Trinajstić information content (AvgIpc) is 3.11. The fourth-order valence-electron chi connectivity index (χ4n) is 4.25. The summed E-state index contributed by atoms with van der Waals surface area (Å²) >= 11 is 6.33. The van der Waals surface area contributed by atoms with E-state index in [4.69, 9.17) is 26.8 Å². The summed E-state index contributed by atoms with van der Waals surface area (Å²) in [6, 6.07) is 15.6. The Labute approximate surface area is 211 Å². The van der Waals surface area contributed by atoms with Crippen LogP contribution in [0.4, 0.5) is 13.2 Å². The van der Waals surface area contributed by atoms with Crippen LogP contribution in [0.25, 0.3) is 11.1 Å². The Kier molecular flexibility index (Phi) is 7.31. The molecule has 3 N–H and O–H groups in total. The van der Waals surface area contributed by atoms with Crippen LogP contribution in [0.3, 0.4) is 0 Å². The standard InChI is InChI=1S/C27H25ClF3NO4/c1-16(32)18-10-8-17(9-11-18)15-36-24(33)7-4-12-35-19-13-22-25(23(28)14-19)20-5-2-3-6-21(20)26(22,34)27(29,30)31/h2-3,5-6,8-11,13-14,16,34H,4,7,12,15,32H2,1H3/t16-,26+/m0/s1. The molecule has 3 aromatic rings. The van der Waals surface area contributed by atoms with Gasteiger partial charge in [-0.05, 0) is 42.2 Å². The lowest BCUT2D eigenvalue weighted by molar-refractivity contribution is -0.246. The summed E-state index contributed by atoms with van der Waals surface area (Å²) in [6.45, 7) is 2.05. The average molecular weight is 520 g/mol. The zero-order valence-corrected chi connectivity index (χ0v) is 20.2. The molecule has 4 rings (SSSR count). The number of esters is 1. The first kappa shape index (κ1) is 26.0. The number of hydrogen-bond acceptors (Lipinski definition) is 5. The predicted molar refractivity (Wildman–Crippen MR) is 130 cm³/mol. The number of carbonyl (C=O) groups is 1. The molecule has 0 saturated carbocycles. The second kappa shape index (κ2) is 10.1. The summed E-state index contributed by atoms with van der Waals surface area (Å²) in [7, 11) is 0. The second-order valence-electron chi connectivity index (χ2n) is 8.72. The highest BCUT2D eigenvalue weighted by atomic mass is 35.5. The van der Waals surface area contributed by atoms with E-state index < -0.39 is 17.7 Å². The zero-order valence-electron chi connectivity index (χ0n) is 19.4. The first-order chi connectivity index (χ1) is 17.0. The van der Waals surface area contributed by atoms with Crippen molar-refractivity contribution in [3.63, 3.8) is 0 Å². The van der Waals surface area contributed by atoms with Crippen LogP contribution in [-0.4, -0.2) is 23.9 Å². The SMILES string of the molecule is C[C@H](N)c1ccc(COC(=O)CCCOc2cc(Cl)c3c(c2)[C@@](O)(C(F)(F)F)c2ccccc2-3)cc1. The summed E-state index contributed by atoms with van der Waals surface area (Å²) in [5.74, 6) is -0.361. The Balaban J connectivity index is 1.37. The normalized spacial score (nSPS) is 17.3. The van der Waals surface area contributed by atoms with Crippen LogP contribution in [0.15, 0.2) is 60.7 Å². The van der Waals surface area contributed by atoms with Gasteiger partial charge in [-0.3, -0.25) is 4.79 Å². The van der Waals surface area contributed by atoms with Crippen molar-refractivity contribution in [2.45, 2.75) is 44.2 Å². The maximum Gasteiger partial charge on any atom is 0.425 e. The van der Waals surface area contributed by atoms with Crippen LogP contribution >= 0.6 is 11.6 Å². The molecule has 0 fully saturated rings. The number of carbonyl (C=O) groups excluding carboxylic acids is 1. The quantitative estimate of drug-likeness (QED) is 0.280. The third-order valence-corrected chi connectivity index (χ3v) is 6.45. The molecular formula is C27H25ClF3NO4. The highest BCUT2D eigenvalue weighted by Crippen LogP contribution is 2.57. The van der Waals surface area contributed by atoms with E-state index >= 15 is 0 Å².